The van der Waals surface area contributed by atoms with E-state index in [-0.39, 0.29) is 5.91 Å². The molecule has 1 aliphatic heterocycles. The fourth-order valence-corrected chi connectivity index (χ4v) is 0.621. The molecule has 0 aliphatic carbocycles. The highest BCUT2D eigenvalue weighted by atomic mass is 16.2. The number of nitrogens with one attached hydrogen (secondary N) is 1. The molecule has 1 amide bonds. The van der Waals surface area contributed by atoms with Crippen LogP contribution in [0.3, 0.4) is 0 Å². The third-order valence-electron chi connectivity index (χ3n) is 1.13. The summed E-state index contributed by atoms with van der Waals surface area (Å²) in [5.74, 6) is -0.0312. The smallest absolute Gasteiger partial charge is 0.236 e. The minimum absolute atomic E-state index is 0.0312. The summed E-state index contributed by atoms with van der Waals surface area (Å²) in [6, 6.07) is 0. The molecular formula is C5H8N2O. The second kappa shape index (κ2) is 2.13. The van der Waals surface area contributed by atoms with Crippen molar-refractivity contribution in [2.45, 2.75) is 0 Å². The molecule has 1 N–H and O–H groups in total. The molecule has 2 radical (unpaired) electrons. The van der Waals surface area contributed by atoms with E-state index in [0.29, 0.717) is 13.1 Å². The van der Waals surface area contributed by atoms with Crippen molar-refractivity contribution in [3.63, 3.8) is 0 Å². The normalized spacial score (nSPS) is 21.6. The van der Waals surface area contributed by atoms with Gasteiger partial charge in [-0.05, 0) is 0 Å². The molecule has 3 heteroatoms. The SMILES string of the molecule is [CH]N1CCNCC1=O. The maximum absolute atomic E-state index is 10.5. The van der Waals surface area contributed by atoms with Crippen molar-refractivity contribution in [3.05, 3.63) is 7.05 Å². The van der Waals surface area contributed by atoms with E-state index in [1.165, 1.54) is 4.90 Å². The Bertz CT molecular complexity index is 103. The van der Waals surface area contributed by atoms with E-state index in [4.69, 9.17) is 7.05 Å². The minimum Gasteiger partial charge on any atom is -0.333 e. The predicted octanol–water partition coefficient (Wildman–Crippen LogP) is -0.913. The second-order valence-electron chi connectivity index (χ2n) is 1.76. The zero-order valence-electron chi connectivity index (χ0n) is 4.55. The van der Waals surface area contributed by atoms with Crippen LogP contribution in [-0.4, -0.2) is 30.4 Å². The van der Waals surface area contributed by atoms with Gasteiger partial charge in [0, 0.05) is 13.1 Å². The van der Waals surface area contributed by atoms with E-state index in [0.717, 1.165) is 6.54 Å². The van der Waals surface area contributed by atoms with Crippen LogP contribution in [0.1, 0.15) is 0 Å². The summed E-state index contributed by atoms with van der Waals surface area (Å²) in [7, 11) is 5.22. The van der Waals surface area contributed by atoms with E-state index < -0.39 is 0 Å². The summed E-state index contributed by atoms with van der Waals surface area (Å²) in [5.41, 5.74) is 0. The first-order valence-corrected chi connectivity index (χ1v) is 2.56. The lowest BCUT2D eigenvalue weighted by atomic mass is 10.4. The molecule has 1 saturated heterocycles. The van der Waals surface area contributed by atoms with E-state index >= 15 is 0 Å². The average Bonchev–Trinajstić information content (AvgIpc) is 1.77. The number of hydrogen-bond acceptors (Lipinski definition) is 2. The van der Waals surface area contributed by atoms with Crippen LogP contribution in [0.5, 0.6) is 0 Å². The quantitative estimate of drug-likeness (QED) is 0.440. The molecule has 8 heavy (non-hydrogen) atoms. The Hall–Kier alpha value is -0.570. The lowest BCUT2D eigenvalue weighted by molar-refractivity contribution is -0.129. The van der Waals surface area contributed by atoms with Gasteiger partial charge in [0.1, 0.15) is 0 Å². The van der Waals surface area contributed by atoms with Crippen molar-refractivity contribution in [1.82, 2.24) is 10.2 Å². The average molecular weight is 112 g/mol. The third-order valence-corrected chi connectivity index (χ3v) is 1.13. The molecule has 0 aromatic heterocycles. The highest BCUT2D eigenvalue weighted by Crippen LogP contribution is 1.88. The Labute approximate surface area is 48.7 Å². The molecular weight excluding hydrogens is 104 g/mol. The molecule has 1 fully saturated rings. The Morgan fingerprint density at radius 3 is 2.88 bits per heavy atom. The zero-order chi connectivity index (χ0) is 5.98. The molecule has 0 aromatic rings. The number of rotatable bonds is 0. The number of nitrogens with zero attached hydrogens (tertiary/aromatic N) is 1. The molecule has 3 nitrogen and oxygen atoms in total. The van der Waals surface area contributed by atoms with E-state index in [9.17, 15) is 4.79 Å². The molecule has 0 bridgehead atoms. The molecule has 0 aromatic carbocycles. The fraction of sp³-hybridized carbons (Fsp3) is 0.600. The Balaban J connectivity index is 2.39. The van der Waals surface area contributed by atoms with Crippen LogP contribution in [0.25, 0.3) is 0 Å². The van der Waals surface area contributed by atoms with Crippen molar-refractivity contribution in [1.29, 1.82) is 0 Å². The minimum atomic E-state index is -0.0312. The van der Waals surface area contributed by atoms with Crippen molar-refractivity contribution < 1.29 is 4.79 Å². The third kappa shape index (κ3) is 0.980. The van der Waals surface area contributed by atoms with Crippen LogP contribution < -0.4 is 5.32 Å². The molecule has 0 atom stereocenters. The first kappa shape index (κ1) is 5.56. The van der Waals surface area contributed by atoms with E-state index in [1.807, 2.05) is 0 Å². The number of carbonyl (C=O) groups excluding carboxylic acids is 1. The summed E-state index contributed by atoms with van der Waals surface area (Å²) in [6.45, 7) is 1.82. The zero-order valence-corrected chi connectivity index (χ0v) is 4.55. The second-order valence-corrected chi connectivity index (χ2v) is 1.76. The molecule has 1 aliphatic rings. The van der Waals surface area contributed by atoms with Crippen molar-refractivity contribution in [2.75, 3.05) is 19.6 Å². The molecule has 44 valence electrons. The van der Waals surface area contributed by atoms with E-state index in [2.05, 4.69) is 5.32 Å². The van der Waals surface area contributed by atoms with Gasteiger partial charge in [-0.2, -0.15) is 0 Å². The lowest BCUT2D eigenvalue weighted by Gasteiger charge is -2.21. The van der Waals surface area contributed by atoms with Crippen molar-refractivity contribution in [3.8, 4) is 0 Å². The van der Waals surface area contributed by atoms with Crippen LogP contribution in [0, 0.1) is 7.05 Å². The van der Waals surface area contributed by atoms with Gasteiger partial charge in [0.25, 0.3) is 0 Å². The first-order valence-electron chi connectivity index (χ1n) is 2.56. The van der Waals surface area contributed by atoms with Crippen LogP contribution in [0.15, 0.2) is 0 Å². The molecule has 1 heterocycles. The van der Waals surface area contributed by atoms with Gasteiger partial charge < -0.3 is 10.2 Å². The van der Waals surface area contributed by atoms with Crippen LogP contribution in [0.4, 0.5) is 0 Å². The number of piperazine rings is 1. The van der Waals surface area contributed by atoms with Gasteiger partial charge in [-0.15, -0.1) is 0 Å². The standard InChI is InChI=1S/C5H8N2O/c1-7-3-2-6-4-5(7)8/h1,6H,2-4H2. The first-order chi connectivity index (χ1) is 3.80. The maximum Gasteiger partial charge on any atom is 0.236 e. The fourth-order valence-electron chi connectivity index (χ4n) is 0.621. The van der Waals surface area contributed by atoms with Gasteiger partial charge in [0.05, 0.1) is 13.6 Å². The predicted molar refractivity (Wildman–Crippen MR) is 28.9 cm³/mol. The largest absolute Gasteiger partial charge is 0.333 e. The Morgan fingerprint density at radius 1 is 1.75 bits per heavy atom. The van der Waals surface area contributed by atoms with Gasteiger partial charge in [0.15, 0.2) is 0 Å². The molecule has 1 rings (SSSR count). The molecule has 0 unspecified atom stereocenters. The summed E-state index contributed by atoms with van der Waals surface area (Å²) < 4.78 is 0. The van der Waals surface area contributed by atoms with Crippen molar-refractivity contribution in [2.24, 2.45) is 0 Å². The molecule has 0 spiro atoms. The van der Waals surface area contributed by atoms with Crippen LogP contribution in [0.2, 0.25) is 0 Å². The monoisotopic (exact) mass is 112 g/mol. The lowest BCUT2D eigenvalue weighted by Crippen LogP contribution is -2.44. The van der Waals surface area contributed by atoms with Crippen LogP contribution >= 0.6 is 0 Å². The van der Waals surface area contributed by atoms with Gasteiger partial charge in [-0.3, -0.25) is 4.79 Å². The van der Waals surface area contributed by atoms with Gasteiger partial charge in [-0.25, -0.2) is 0 Å². The Kier molecular flexibility index (Phi) is 1.48. The van der Waals surface area contributed by atoms with Gasteiger partial charge in [0.2, 0.25) is 5.91 Å². The highest BCUT2D eigenvalue weighted by Gasteiger charge is 2.11. The maximum atomic E-state index is 10.5. The number of carbonyl (C=O) groups is 1. The summed E-state index contributed by atoms with van der Waals surface area (Å²) in [6.07, 6.45) is 0. The molecule has 0 saturated carbocycles. The summed E-state index contributed by atoms with van der Waals surface area (Å²) in [4.78, 5) is 11.8. The summed E-state index contributed by atoms with van der Waals surface area (Å²) >= 11 is 0. The topological polar surface area (TPSA) is 32.3 Å². The summed E-state index contributed by atoms with van der Waals surface area (Å²) in [5, 5.41) is 2.89. The Morgan fingerprint density at radius 2 is 2.50 bits per heavy atom. The van der Waals surface area contributed by atoms with E-state index in [1.54, 1.807) is 0 Å². The number of hydrogen-bond donors (Lipinski definition) is 1. The van der Waals surface area contributed by atoms with Crippen molar-refractivity contribution >= 4 is 5.91 Å². The highest BCUT2D eigenvalue weighted by molar-refractivity contribution is 5.79. The van der Waals surface area contributed by atoms with Gasteiger partial charge in [-0.1, -0.05) is 0 Å². The van der Waals surface area contributed by atoms with Crippen LogP contribution in [-0.2, 0) is 4.79 Å². The van der Waals surface area contributed by atoms with Gasteiger partial charge >= 0.3 is 0 Å². The number of amides is 1.